The molecule has 0 aliphatic carbocycles. The lowest BCUT2D eigenvalue weighted by Crippen LogP contribution is -2.50. The van der Waals surface area contributed by atoms with Crippen LogP contribution in [0.3, 0.4) is 0 Å². The number of carbonyl (C=O) groups is 6. The molecule has 0 radical (unpaired) electrons. The van der Waals surface area contributed by atoms with Gasteiger partial charge in [0, 0.05) is 29.5 Å². The van der Waals surface area contributed by atoms with Gasteiger partial charge < -0.3 is 43.3 Å². The molecular weight excluding hydrogens is 857 g/mol. The molecule has 0 atom stereocenters. The second-order valence-corrected chi connectivity index (χ2v) is 14.4. The number of nitro groups is 1. The normalized spacial score (nSPS) is 11.2. The molecule has 6 rings (SSSR count). The molecule has 0 saturated heterocycles. The van der Waals surface area contributed by atoms with Crippen molar-refractivity contribution in [3.05, 3.63) is 143 Å². The SMILES string of the molecule is CCOC(=O)C(COC(=O)Cn1ccc2c(N)cccc21)(C(=O)OCC)c1ccccc1.CCOC(=O)C(COC(=O)Cn1ccc2c([N+](=O)[O-])cccc21)(C(=O)OCC)c1ccccc1. The molecule has 0 unspecified atom stereocenters. The highest BCUT2D eigenvalue weighted by atomic mass is 16.6. The molecule has 4 aromatic carbocycles. The van der Waals surface area contributed by atoms with Gasteiger partial charge in [-0.1, -0.05) is 72.8 Å². The van der Waals surface area contributed by atoms with E-state index in [4.69, 9.17) is 34.2 Å². The van der Waals surface area contributed by atoms with E-state index < -0.39 is 64.8 Å². The fraction of sp³-hybridized carbons (Fsp3) is 0.292. The molecule has 6 aromatic rings. The quantitative estimate of drug-likeness (QED) is 0.0245. The standard InChI is InChI=1S/C24H24N2O8.C24H26N2O6/c1-3-32-22(28)24(23(29)33-4-2,17-9-6-5-7-10-17)16-34-21(27)15-25-14-13-18-19(25)11-8-12-20(18)26(30)31;1-3-30-22(28)24(23(29)31-4-2,17-9-6-5-7-10-17)16-32-21(27)15-26-14-13-18-19(25)11-8-12-20(18)26/h5-14H,3-4,15-16H2,1-2H3;5-14H,3-4,15-16,25H2,1-2H3. The molecule has 346 valence electrons. The van der Waals surface area contributed by atoms with Gasteiger partial charge >= 0.3 is 35.8 Å². The van der Waals surface area contributed by atoms with Crippen LogP contribution in [-0.2, 0) is 81.1 Å². The Morgan fingerprint density at radius 3 is 1.29 bits per heavy atom. The maximum atomic E-state index is 13.0. The third-order valence-electron chi connectivity index (χ3n) is 10.4. The topological polar surface area (TPSA) is 237 Å². The van der Waals surface area contributed by atoms with Gasteiger partial charge in [-0.05, 0) is 69.2 Å². The Balaban J connectivity index is 0.000000248. The fourth-order valence-electron chi connectivity index (χ4n) is 7.14. The summed E-state index contributed by atoms with van der Waals surface area (Å²) in [5.41, 5.74) is 4.39. The van der Waals surface area contributed by atoms with Crippen LogP contribution in [0.1, 0.15) is 38.8 Å². The van der Waals surface area contributed by atoms with Crippen LogP contribution in [-0.4, -0.2) is 89.5 Å². The second-order valence-electron chi connectivity index (χ2n) is 14.4. The van der Waals surface area contributed by atoms with E-state index >= 15 is 0 Å². The summed E-state index contributed by atoms with van der Waals surface area (Å²) in [4.78, 5) is 88.2. The zero-order valence-electron chi connectivity index (χ0n) is 36.8. The van der Waals surface area contributed by atoms with Crippen LogP contribution in [0.15, 0.2) is 122 Å². The number of non-ortho nitro benzene ring substituents is 1. The van der Waals surface area contributed by atoms with E-state index in [1.54, 1.807) is 117 Å². The molecule has 0 spiro atoms. The number of anilines is 1. The molecule has 18 nitrogen and oxygen atoms in total. The number of carbonyl (C=O) groups excluding carboxylic acids is 6. The lowest BCUT2D eigenvalue weighted by atomic mass is 9.81. The van der Waals surface area contributed by atoms with Crippen molar-refractivity contribution in [2.75, 3.05) is 45.4 Å². The first-order chi connectivity index (χ1) is 31.8. The van der Waals surface area contributed by atoms with Crippen molar-refractivity contribution in [1.29, 1.82) is 0 Å². The number of fused-ring (bicyclic) bond motifs is 2. The molecular formula is C48H50N4O14. The number of nitrogen functional groups attached to an aromatic ring is 1. The van der Waals surface area contributed by atoms with E-state index in [2.05, 4.69) is 0 Å². The van der Waals surface area contributed by atoms with E-state index in [9.17, 15) is 38.9 Å². The summed E-state index contributed by atoms with van der Waals surface area (Å²) in [7, 11) is 0. The maximum Gasteiger partial charge on any atom is 0.331 e. The van der Waals surface area contributed by atoms with Gasteiger partial charge in [0.2, 0.25) is 10.8 Å². The number of nitro benzene ring substituents is 1. The van der Waals surface area contributed by atoms with Crippen molar-refractivity contribution >= 4 is 69.0 Å². The Labute approximate surface area is 379 Å². The summed E-state index contributed by atoms with van der Waals surface area (Å²) in [5.74, 6) is -4.84. The third kappa shape index (κ3) is 10.7. The molecule has 0 amide bonds. The molecule has 66 heavy (non-hydrogen) atoms. The minimum absolute atomic E-state index is 0.00883. The van der Waals surface area contributed by atoms with Gasteiger partial charge in [0.05, 0.1) is 47.8 Å². The molecule has 2 N–H and O–H groups in total. The number of rotatable bonds is 19. The number of hydrogen-bond acceptors (Lipinski definition) is 15. The number of benzene rings is 4. The van der Waals surface area contributed by atoms with Crippen molar-refractivity contribution in [1.82, 2.24) is 9.13 Å². The summed E-state index contributed by atoms with van der Waals surface area (Å²) in [5, 5.41) is 12.4. The van der Waals surface area contributed by atoms with Gasteiger partial charge in [-0.15, -0.1) is 0 Å². The number of esters is 6. The molecule has 0 fully saturated rings. The number of ether oxygens (including phenoxy) is 6. The Morgan fingerprint density at radius 1 is 0.515 bits per heavy atom. The van der Waals surface area contributed by atoms with Gasteiger partial charge in [0.15, 0.2) is 0 Å². The predicted molar refractivity (Wildman–Crippen MR) is 240 cm³/mol. The van der Waals surface area contributed by atoms with Crippen LogP contribution in [0.2, 0.25) is 0 Å². The van der Waals surface area contributed by atoms with Crippen LogP contribution < -0.4 is 5.73 Å². The average Bonchev–Trinajstić information content (AvgIpc) is 3.92. The molecule has 2 aromatic heterocycles. The first-order valence-corrected chi connectivity index (χ1v) is 21.0. The smallest absolute Gasteiger partial charge is 0.331 e. The Kier molecular flexibility index (Phi) is 16.7. The van der Waals surface area contributed by atoms with Crippen molar-refractivity contribution < 1.29 is 62.1 Å². The number of nitrogens with zero attached hydrogens (tertiary/aromatic N) is 3. The summed E-state index contributed by atoms with van der Waals surface area (Å²) in [6.07, 6.45) is 3.25. The van der Waals surface area contributed by atoms with Gasteiger partial charge in [-0.25, -0.2) is 0 Å². The minimum atomic E-state index is -2.00. The zero-order chi connectivity index (χ0) is 47.9. The first kappa shape index (κ1) is 49.0. The lowest BCUT2D eigenvalue weighted by molar-refractivity contribution is -0.383. The summed E-state index contributed by atoms with van der Waals surface area (Å²) >= 11 is 0. The molecule has 0 saturated carbocycles. The lowest BCUT2D eigenvalue weighted by Gasteiger charge is -2.29. The van der Waals surface area contributed by atoms with Crippen molar-refractivity contribution in [3.8, 4) is 0 Å². The Bertz CT molecular complexity index is 2640. The van der Waals surface area contributed by atoms with E-state index in [-0.39, 0.29) is 50.8 Å². The largest absolute Gasteiger partial charge is 0.465 e. The fourth-order valence-corrected chi connectivity index (χ4v) is 7.14. The zero-order valence-corrected chi connectivity index (χ0v) is 36.8. The molecule has 0 bridgehead atoms. The highest BCUT2D eigenvalue weighted by Gasteiger charge is 2.53. The molecule has 0 aliphatic heterocycles. The van der Waals surface area contributed by atoms with Gasteiger partial charge in [-0.3, -0.25) is 38.9 Å². The Morgan fingerprint density at radius 2 is 0.894 bits per heavy atom. The van der Waals surface area contributed by atoms with Crippen molar-refractivity contribution in [2.24, 2.45) is 0 Å². The van der Waals surface area contributed by atoms with Crippen molar-refractivity contribution in [3.63, 3.8) is 0 Å². The van der Waals surface area contributed by atoms with E-state index in [1.807, 2.05) is 12.1 Å². The maximum absolute atomic E-state index is 13.0. The highest BCUT2D eigenvalue weighted by Crippen LogP contribution is 2.32. The molecule has 2 heterocycles. The van der Waals surface area contributed by atoms with Crippen LogP contribution in [0.5, 0.6) is 0 Å². The molecule has 0 aliphatic rings. The van der Waals surface area contributed by atoms with E-state index in [0.29, 0.717) is 22.2 Å². The summed E-state index contributed by atoms with van der Waals surface area (Å²) < 4.78 is 34.7. The van der Waals surface area contributed by atoms with Crippen LogP contribution in [0.25, 0.3) is 21.8 Å². The minimum Gasteiger partial charge on any atom is -0.465 e. The van der Waals surface area contributed by atoms with E-state index in [0.717, 1.165) is 10.9 Å². The number of aromatic nitrogens is 2. The van der Waals surface area contributed by atoms with Gasteiger partial charge in [0.25, 0.3) is 5.69 Å². The predicted octanol–water partition coefficient (Wildman–Crippen LogP) is 5.99. The Hall–Kier alpha value is -8.02. The van der Waals surface area contributed by atoms with Crippen molar-refractivity contribution in [2.45, 2.75) is 51.6 Å². The monoisotopic (exact) mass is 906 g/mol. The first-order valence-electron chi connectivity index (χ1n) is 21.0. The highest BCUT2D eigenvalue weighted by molar-refractivity contribution is 6.07. The van der Waals surface area contributed by atoms with Gasteiger partial charge in [0.1, 0.15) is 26.3 Å². The number of nitrogens with two attached hydrogens (primary N) is 1. The second kappa shape index (κ2) is 22.6. The van der Waals surface area contributed by atoms with Crippen LogP contribution in [0.4, 0.5) is 11.4 Å². The van der Waals surface area contributed by atoms with Gasteiger partial charge in [-0.2, -0.15) is 0 Å². The summed E-state index contributed by atoms with van der Waals surface area (Å²) in [6.45, 7) is 4.99. The van der Waals surface area contributed by atoms with E-state index in [1.165, 1.54) is 29.0 Å². The average molecular weight is 907 g/mol. The molecule has 18 heteroatoms. The van der Waals surface area contributed by atoms with Crippen LogP contribution >= 0.6 is 0 Å². The third-order valence-corrected chi connectivity index (χ3v) is 10.4. The number of hydrogen-bond donors (Lipinski definition) is 1. The van der Waals surface area contributed by atoms with Crippen LogP contribution in [0, 0.1) is 10.1 Å². The summed E-state index contributed by atoms with van der Waals surface area (Å²) in [6, 6.07) is 29.7.